The van der Waals surface area contributed by atoms with Crippen LogP contribution in [0.25, 0.3) is 22.3 Å². The Morgan fingerprint density at radius 3 is 2.08 bits per heavy atom. The van der Waals surface area contributed by atoms with Gasteiger partial charge in [-0.1, -0.05) is 54.6 Å². The molecule has 0 radical (unpaired) electrons. The molecule has 3 heteroatoms. The molecule has 0 spiro atoms. The molecule has 1 aliphatic carbocycles. The first-order valence-electron chi connectivity index (χ1n) is 7.73. The second-order valence-electron chi connectivity index (χ2n) is 5.90. The SMILES string of the molecule is O=C(O)Cc1ccc(-c2ccc3c(c2)-c2ccccc2C3=O)cc1. The maximum absolute atomic E-state index is 12.4. The van der Waals surface area contributed by atoms with E-state index in [0.717, 1.165) is 38.9 Å². The fraction of sp³-hybridized carbons (Fsp3) is 0.0476. The third kappa shape index (κ3) is 2.31. The number of rotatable bonds is 3. The molecule has 116 valence electrons. The van der Waals surface area contributed by atoms with Crippen molar-refractivity contribution in [3.05, 3.63) is 83.4 Å². The maximum atomic E-state index is 12.4. The third-order valence-electron chi connectivity index (χ3n) is 4.37. The molecule has 0 heterocycles. The number of carbonyl (C=O) groups excluding carboxylic acids is 1. The highest BCUT2D eigenvalue weighted by molar-refractivity contribution is 6.22. The summed E-state index contributed by atoms with van der Waals surface area (Å²) in [5.41, 5.74) is 6.21. The number of hydrogen-bond acceptors (Lipinski definition) is 2. The molecule has 1 N–H and O–H groups in total. The van der Waals surface area contributed by atoms with Gasteiger partial charge in [0.2, 0.25) is 0 Å². The molecule has 0 fully saturated rings. The zero-order valence-corrected chi connectivity index (χ0v) is 12.8. The van der Waals surface area contributed by atoms with Gasteiger partial charge in [0.05, 0.1) is 6.42 Å². The molecule has 0 unspecified atom stereocenters. The Hall–Kier alpha value is -3.20. The van der Waals surface area contributed by atoms with Crippen molar-refractivity contribution in [1.29, 1.82) is 0 Å². The quantitative estimate of drug-likeness (QED) is 0.617. The fourth-order valence-corrected chi connectivity index (χ4v) is 3.20. The standard InChI is InChI=1S/C21H14O3/c22-20(23)11-13-5-7-14(8-6-13)15-9-10-18-19(12-15)16-3-1-2-4-17(16)21(18)24/h1-10,12H,11H2,(H,22,23). The number of fused-ring (bicyclic) bond motifs is 3. The van der Waals surface area contributed by atoms with E-state index in [0.29, 0.717) is 0 Å². The molecule has 0 saturated carbocycles. The molecule has 0 aliphatic heterocycles. The lowest BCUT2D eigenvalue weighted by Crippen LogP contribution is -1.99. The molecular weight excluding hydrogens is 300 g/mol. The Labute approximate surface area is 139 Å². The topological polar surface area (TPSA) is 54.4 Å². The number of ketones is 1. The number of hydrogen-bond donors (Lipinski definition) is 1. The first kappa shape index (κ1) is 14.4. The van der Waals surface area contributed by atoms with Crippen LogP contribution >= 0.6 is 0 Å². The van der Waals surface area contributed by atoms with E-state index in [2.05, 4.69) is 0 Å². The van der Waals surface area contributed by atoms with Crippen molar-refractivity contribution in [1.82, 2.24) is 0 Å². The predicted octanol–water partition coefficient (Wildman–Crippen LogP) is 4.19. The lowest BCUT2D eigenvalue weighted by Gasteiger charge is -2.06. The molecule has 3 aromatic rings. The van der Waals surface area contributed by atoms with Crippen LogP contribution in [0.1, 0.15) is 21.5 Å². The van der Waals surface area contributed by atoms with Crippen LogP contribution in [-0.2, 0) is 11.2 Å². The molecule has 3 nitrogen and oxygen atoms in total. The highest BCUT2D eigenvalue weighted by Gasteiger charge is 2.26. The highest BCUT2D eigenvalue weighted by Crippen LogP contribution is 2.38. The van der Waals surface area contributed by atoms with E-state index < -0.39 is 5.97 Å². The first-order valence-corrected chi connectivity index (χ1v) is 7.73. The van der Waals surface area contributed by atoms with Crippen molar-refractivity contribution in [2.24, 2.45) is 0 Å². The van der Waals surface area contributed by atoms with Crippen LogP contribution < -0.4 is 0 Å². The van der Waals surface area contributed by atoms with Crippen molar-refractivity contribution < 1.29 is 14.7 Å². The summed E-state index contributed by atoms with van der Waals surface area (Å²) in [7, 11) is 0. The summed E-state index contributed by atoms with van der Waals surface area (Å²) in [5, 5.41) is 8.84. The van der Waals surface area contributed by atoms with Gasteiger partial charge in [0.15, 0.2) is 5.78 Å². The van der Waals surface area contributed by atoms with Crippen LogP contribution in [0.4, 0.5) is 0 Å². The normalized spacial score (nSPS) is 11.9. The summed E-state index contributed by atoms with van der Waals surface area (Å²) in [4.78, 5) is 23.2. The van der Waals surface area contributed by atoms with E-state index >= 15 is 0 Å². The molecule has 0 bridgehead atoms. The second-order valence-corrected chi connectivity index (χ2v) is 5.90. The molecule has 1 aliphatic rings. The van der Waals surface area contributed by atoms with Gasteiger partial charge in [-0.2, -0.15) is 0 Å². The number of benzene rings is 3. The Kier molecular flexibility index (Phi) is 3.28. The fourth-order valence-electron chi connectivity index (χ4n) is 3.20. The Morgan fingerprint density at radius 1 is 0.750 bits per heavy atom. The van der Waals surface area contributed by atoms with Crippen molar-refractivity contribution in [3.8, 4) is 22.3 Å². The minimum absolute atomic E-state index is 0.0202. The van der Waals surface area contributed by atoms with E-state index in [9.17, 15) is 9.59 Å². The van der Waals surface area contributed by atoms with E-state index in [1.165, 1.54) is 0 Å². The van der Waals surface area contributed by atoms with Crippen LogP contribution in [0.2, 0.25) is 0 Å². The zero-order chi connectivity index (χ0) is 16.7. The Balaban J connectivity index is 1.75. The van der Waals surface area contributed by atoms with Crippen LogP contribution in [0.3, 0.4) is 0 Å². The minimum atomic E-state index is -0.838. The lowest BCUT2D eigenvalue weighted by atomic mass is 9.97. The summed E-state index contributed by atoms with van der Waals surface area (Å²) < 4.78 is 0. The molecule has 3 aromatic carbocycles. The van der Waals surface area contributed by atoms with Crippen LogP contribution in [0, 0.1) is 0 Å². The van der Waals surface area contributed by atoms with Gasteiger partial charge in [0.1, 0.15) is 0 Å². The molecule has 0 amide bonds. The summed E-state index contributed by atoms with van der Waals surface area (Å²) in [5.74, 6) is -0.764. The lowest BCUT2D eigenvalue weighted by molar-refractivity contribution is -0.136. The third-order valence-corrected chi connectivity index (χ3v) is 4.37. The van der Waals surface area contributed by atoms with Crippen LogP contribution in [0.5, 0.6) is 0 Å². The van der Waals surface area contributed by atoms with E-state index in [-0.39, 0.29) is 12.2 Å². The highest BCUT2D eigenvalue weighted by atomic mass is 16.4. The van der Waals surface area contributed by atoms with Crippen molar-refractivity contribution in [2.75, 3.05) is 0 Å². The smallest absolute Gasteiger partial charge is 0.307 e. The number of aliphatic carboxylic acids is 1. The maximum Gasteiger partial charge on any atom is 0.307 e. The van der Waals surface area contributed by atoms with Crippen LogP contribution in [0.15, 0.2) is 66.7 Å². The van der Waals surface area contributed by atoms with Gasteiger partial charge < -0.3 is 5.11 Å². The van der Waals surface area contributed by atoms with Crippen molar-refractivity contribution >= 4 is 11.8 Å². The summed E-state index contributed by atoms with van der Waals surface area (Å²) in [6, 6.07) is 21.0. The minimum Gasteiger partial charge on any atom is -0.481 e. The van der Waals surface area contributed by atoms with Gasteiger partial charge in [-0.15, -0.1) is 0 Å². The average molecular weight is 314 g/mol. The van der Waals surface area contributed by atoms with Gasteiger partial charge in [0.25, 0.3) is 0 Å². The molecule has 24 heavy (non-hydrogen) atoms. The van der Waals surface area contributed by atoms with Crippen molar-refractivity contribution in [2.45, 2.75) is 6.42 Å². The zero-order valence-electron chi connectivity index (χ0n) is 12.8. The van der Waals surface area contributed by atoms with Gasteiger partial charge in [0, 0.05) is 11.1 Å². The Morgan fingerprint density at radius 2 is 1.38 bits per heavy atom. The van der Waals surface area contributed by atoms with Crippen molar-refractivity contribution in [3.63, 3.8) is 0 Å². The number of carboxylic acids is 1. The molecule has 0 atom stereocenters. The van der Waals surface area contributed by atoms with Gasteiger partial charge >= 0.3 is 5.97 Å². The number of carboxylic acid groups (broad SMARTS) is 1. The Bertz CT molecular complexity index is 969. The van der Waals surface area contributed by atoms with E-state index in [1.54, 1.807) is 0 Å². The molecule has 4 rings (SSSR count). The first-order chi connectivity index (χ1) is 11.6. The summed E-state index contributed by atoms with van der Waals surface area (Å²) in [6.07, 6.45) is 0.0202. The van der Waals surface area contributed by atoms with Gasteiger partial charge in [-0.25, -0.2) is 0 Å². The molecule has 0 saturated heterocycles. The summed E-state index contributed by atoms with van der Waals surface area (Å²) in [6.45, 7) is 0. The monoisotopic (exact) mass is 314 g/mol. The molecular formula is C21H14O3. The molecule has 0 aromatic heterocycles. The predicted molar refractivity (Wildman–Crippen MR) is 92.1 cm³/mol. The second kappa shape index (κ2) is 5.46. The average Bonchev–Trinajstić information content (AvgIpc) is 2.88. The van der Waals surface area contributed by atoms with E-state index in [4.69, 9.17) is 5.11 Å². The van der Waals surface area contributed by atoms with Gasteiger partial charge in [-0.3, -0.25) is 9.59 Å². The largest absolute Gasteiger partial charge is 0.481 e. The van der Waals surface area contributed by atoms with E-state index in [1.807, 2.05) is 66.7 Å². The number of carbonyl (C=O) groups is 2. The van der Waals surface area contributed by atoms with Gasteiger partial charge in [-0.05, 0) is 39.9 Å². The summed E-state index contributed by atoms with van der Waals surface area (Å²) >= 11 is 0. The van der Waals surface area contributed by atoms with Crippen LogP contribution in [-0.4, -0.2) is 16.9 Å².